The van der Waals surface area contributed by atoms with Crippen LogP contribution in [0.15, 0.2) is 59.8 Å². The van der Waals surface area contributed by atoms with Crippen LogP contribution in [0, 0.1) is 5.92 Å². The predicted octanol–water partition coefficient (Wildman–Crippen LogP) is 4.12. The maximum Gasteiger partial charge on any atom is 0.251 e. The number of nitrogens with one attached hydrogen (secondary N) is 1. The topological polar surface area (TPSA) is 78.3 Å². The fourth-order valence-electron chi connectivity index (χ4n) is 3.03. The molecule has 0 fully saturated rings. The third kappa shape index (κ3) is 6.01. The molecule has 1 atom stereocenters. The van der Waals surface area contributed by atoms with Gasteiger partial charge in [0.1, 0.15) is 11.5 Å². The van der Waals surface area contributed by atoms with E-state index >= 15 is 0 Å². The first kappa shape index (κ1) is 22.7. The standard InChI is InChI=1S/C23H28N4O3S/c1-16(2)20(24-22(28)17-10-12-18(29-4)13-11-17)21-25-26-23(27(21)3)31-15-14-30-19-8-6-5-7-9-19/h5-13,16,20H,14-15H2,1-4H3,(H,24,28)/t20-/m0/s1. The third-order valence-corrected chi connectivity index (χ3v) is 5.76. The molecule has 0 aliphatic rings. The maximum absolute atomic E-state index is 12.8. The summed E-state index contributed by atoms with van der Waals surface area (Å²) < 4.78 is 12.8. The summed E-state index contributed by atoms with van der Waals surface area (Å²) in [6.07, 6.45) is 0. The van der Waals surface area contributed by atoms with Crippen molar-refractivity contribution in [3.05, 3.63) is 66.0 Å². The molecule has 0 aliphatic heterocycles. The fraction of sp³-hybridized carbons (Fsp3) is 0.348. The molecule has 1 amide bonds. The normalized spacial score (nSPS) is 11.9. The van der Waals surface area contributed by atoms with Gasteiger partial charge >= 0.3 is 0 Å². The molecule has 0 aliphatic carbocycles. The molecule has 0 radical (unpaired) electrons. The van der Waals surface area contributed by atoms with Gasteiger partial charge in [-0.25, -0.2) is 0 Å². The van der Waals surface area contributed by atoms with Crippen molar-refractivity contribution in [3.8, 4) is 11.5 Å². The fourth-order valence-corrected chi connectivity index (χ4v) is 3.76. The second kappa shape index (κ2) is 10.9. The molecule has 0 bridgehead atoms. The van der Waals surface area contributed by atoms with E-state index in [4.69, 9.17) is 9.47 Å². The highest BCUT2D eigenvalue weighted by Crippen LogP contribution is 2.25. The number of hydrogen-bond donors (Lipinski definition) is 1. The van der Waals surface area contributed by atoms with Gasteiger partial charge in [0.25, 0.3) is 5.91 Å². The smallest absolute Gasteiger partial charge is 0.251 e. The minimum absolute atomic E-state index is 0.143. The van der Waals surface area contributed by atoms with Crippen molar-refractivity contribution in [2.24, 2.45) is 13.0 Å². The summed E-state index contributed by atoms with van der Waals surface area (Å²) in [5.41, 5.74) is 0.571. The van der Waals surface area contributed by atoms with Crippen LogP contribution in [0.2, 0.25) is 0 Å². The first-order valence-corrected chi connectivity index (χ1v) is 11.1. The van der Waals surface area contributed by atoms with Crippen LogP contribution < -0.4 is 14.8 Å². The van der Waals surface area contributed by atoms with Crippen LogP contribution in [0.3, 0.4) is 0 Å². The van der Waals surface area contributed by atoms with Crippen LogP contribution in [0.4, 0.5) is 0 Å². The second-order valence-corrected chi connectivity index (χ2v) is 8.40. The highest BCUT2D eigenvalue weighted by atomic mass is 32.2. The number of methoxy groups -OCH3 is 1. The Balaban J connectivity index is 1.62. The number of para-hydroxylation sites is 1. The lowest BCUT2D eigenvalue weighted by atomic mass is 10.0. The molecule has 0 spiro atoms. The van der Waals surface area contributed by atoms with Crippen molar-refractivity contribution in [1.82, 2.24) is 20.1 Å². The Hall–Kier alpha value is -3.00. The average molecular weight is 441 g/mol. The second-order valence-electron chi connectivity index (χ2n) is 7.33. The number of amides is 1. The Bertz CT molecular complexity index is 974. The quantitative estimate of drug-likeness (QED) is 0.377. The van der Waals surface area contributed by atoms with E-state index in [0.717, 1.165) is 22.5 Å². The van der Waals surface area contributed by atoms with Crippen LogP contribution in [0.1, 0.15) is 36.1 Å². The number of ether oxygens (including phenoxy) is 2. The number of carbonyl (C=O) groups is 1. The molecule has 2 aromatic carbocycles. The Morgan fingerprint density at radius 3 is 2.42 bits per heavy atom. The molecule has 31 heavy (non-hydrogen) atoms. The molecule has 0 unspecified atom stereocenters. The van der Waals surface area contributed by atoms with Gasteiger partial charge in [-0.15, -0.1) is 10.2 Å². The summed E-state index contributed by atoms with van der Waals surface area (Å²) in [6, 6.07) is 16.5. The Morgan fingerprint density at radius 1 is 1.06 bits per heavy atom. The molecule has 1 N–H and O–H groups in total. The van der Waals surface area contributed by atoms with Crippen LogP contribution in [0.5, 0.6) is 11.5 Å². The minimum atomic E-state index is -0.262. The van der Waals surface area contributed by atoms with Crippen molar-refractivity contribution >= 4 is 17.7 Å². The molecule has 3 aromatic rings. The summed E-state index contributed by atoms with van der Waals surface area (Å²) in [4.78, 5) is 12.8. The van der Waals surface area contributed by atoms with E-state index in [-0.39, 0.29) is 17.9 Å². The molecular weight excluding hydrogens is 412 g/mol. The number of thioether (sulfide) groups is 1. The van der Waals surface area contributed by atoms with E-state index in [1.165, 1.54) is 0 Å². The highest BCUT2D eigenvalue weighted by molar-refractivity contribution is 7.99. The molecule has 7 nitrogen and oxygen atoms in total. The van der Waals surface area contributed by atoms with Crippen molar-refractivity contribution < 1.29 is 14.3 Å². The molecule has 1 heterocycles. The largest absolute Gasteiger partial charge is 0.497 e. The van der Waals surface area contributed by atoms with Crippen LogP contribution >= 0.6 is 11.8 Å². The number of carbonyl (C=O) groups excluding carboxylic acids is 1. The van der Waals surface area contributed by atoms with Gasteiger partial charge in [-0.05, 0) is 42.3 Å². The van der Waals surface area contributed by atoms with E-state index in [9.17, 15) is 4.79 Å². The lowest BCUT2D eigenvalue weighted by Crippen LogP contribution is -2.33. The first-order chi connectivity index (χ1) is 15.0. The molecule has 164 valence electrons. The van der Waals surface area contributed by atoms with E-state index in [2.05, 4.69) is 15.5 Å². The molecule has 3 rings (SSSR count). The zero-order valence-corrected chi connectivity index (χ0v) is 19.1. The SMILES string of the molecule is COc1ccc(C(=O)N[C@H](c2nnc(SCCOc3ccccc3)n2C)C(C)C)cc1. The van der Waals surface area contributed by atoms with Gasteiger partial charge in [-0.1, -0.05) is 43.8 Å². The summed E-state index contributed by atoms with van der Waals surface area (Å²) in [7, 11) is 3.52. The van der Waals surface area contributed by atoms with Gasteiger partial charge in [0, 0.05) is 18.4 Å². The van der Waals surface area contributed by atoms with Crippen molar-refractivity contribution in [1.29, 1.82) is 0 Å². The van der Waals surface area contributed by atoms with Crippen molar-refractivity contribution in [2.75, 3.05) is 19.5 Å². The van der Waals surface area contributed by atoms with Gasteiger partial charge in [0.2, 0.25) is 0 Å². The van der Waals surface area contributed by atoms with E-state index < -0.39 is 0 Å². The predicted molar refractivity (Wildman–Crippen MR) is 122 cm³/mol. The van der Waals surface area contributed by atoms with E-state index in [1.807, 2.05) is 55.8 Å². The van der Waals surface area contributed by atoms with Crippen LogP contribution in [-0.2, 0) is 7.05 Å². The average Bonchev–Trinajstić information content (AvgIpc) is 3.15. The number of benzene rings is 2. The van der Waals surface area contributed by atoms with Gasteiger partial charge in [-0.3, -0.25) is 4.79 Å². The highest BCUT2D eigenvalue weighted by Gasteiger charge is 2.25. The Kier molecular flexibility index (Phi) is 7.94. The lowest BCUT2D eigenvalue weighted by molar-refractivity contribution is 0.0922. The minimum Gasteiger partial charge on any atom is -0.497 e. The van der Waals surface area contributed by atoms with E-state index in [1.54, 1.807) is 43.1 Å². The van der Waals surface area contributed by atoms with Gasteiger partial charge in [-0.2, -0.15) is 0 Å². The first-order valence-electron chi connectivity index (χ1n) is 10.1. The number of hydrogen-bond acceptors (Lipinski definition) is 6. The Morgan fingerprint density at radius 2 is 1.77 bits per heavy atom. The summed E-state index contributed by atoms with van der Waals surface area (Å²) in [5.74, 6) is 3.01. The third-order valence-electron chi connectivity index (χ3n) is 4.78. The molecular formula is C23H28N4O3S. The monoisotopic (exact) mass is 440 g/mol. The maximum atomic E-state index is 12.8. The van der Waals surface area contributed by atoms with Crippen molar-refractivity contribution in [2.45, 2.75) is 25.0 Å². The van der Waals surface area contributed by atoms with Gasteiger partial charge < -0.3 is 19.4 Å². The summed E-state index contributed by atoms with van der Waals surface area (Å²) in [5, 5.41) is 12.6. The van der Waals surface area contributed by atoms with Crippen LogP contribution in [0.25, 0.3) is 0 Å². The number of rotatable bonds is 10. The number of nitrogens with zero attached hydrogens (tertiary/aromatic N) is 3. The zero-order valence-electron chi connectivity index (χ0n) is 18.2. The van der Waals surface area contributed by atoms with E-state index in [0.29, 0.717) is 17.9 Å². The molecule has 0 saturated heterocycles. The summed E-state index contributed by atoms with van der Waals surface area (Å²) in [6.45, 7) is 4.67. The summed E-state index contributed by atoms with van der Waals surface area (Å²) >= 11 is 1.57. The van der Waals surface area contributed by atoms with Crippen molar-refractivity contribution in [3.63, 3.8) is 0 Å². The van der Waals surface area contributed by atoms with Gasteiger partial charge in [0.15, 0.2) is 11.0 Å². The molecule has 0 saturated carbocycles. The molecule has 8 heteroatoms. The lowest BCUT2D eigenvalue weighted by Gasteiger charge is -2.21. The zero-order chi connectivity index (χ0) is 22.2. The van der Waals surface area contributed by atoms with Gasteiger partial charge in [0.05, 0.1) is 19.8 Å². The molecule has 1 aromatic heterocycles. The Labute approximate surface area is 187 Å². The van der Waals surface area contributed by atoms with Crippen LogP contribution in [-0.4, -0.2) is 40.1 Å². The number of aromatic nitrogens is 3.